The maximum absolute atomic E-state index is 12.6. The molecule has 0 saturated heterocycles. The predicted molar refractivity (Wildman–Crippen MR) is 102 cm³/mol. The number of carbonyl (C=O) groups is 1. The van der Waals surface area contributed by atoms with Crippen LogP contribution in [-0.4, -0.2) is 26.3 Å². The van der Waals surface area contributed by atoms with Crippen LogP contribution in [0.25, 0.3) is 0 Å². The second-order valence-corrected chi connectivity index (χ2v) is 9.00. The highest BCUT2D eigenvalue weighted by atomic mass is 32.2. The monoisotopic (exact) mass is 377 g/mol. The first-order chi connectivity index (χ1) is 11.5. The molecule has 0 aromatic carbocycles. The third kappa shape index (κ3) is 3.96. The van der Waals surface area contributed by atoms with Gasteiger partial charge in [-0.3, -0.25) is 4.79 Å². The Bertz CT molecular complexity index is 834. The molecular weight excluding hydrogens is 358 g/mol. The average Bonchev–Trinajstić information content (AvgIpc) is 3.26. The van der Waals surface area contributed by atoms with Gasteiger partial charge in [0.05, 0.1) is 5.75 Å². The van der Waals surface area contributed by atoms with Crippen LogP contribution in [0.4, 0.5) is 0 Å². The smallest absolute Gasteiger partial charge is 0.174 e. The van der Waals surface area contributed by atoms with Gasteiger partial charge in [0, 0.05) is 28.4 Å². The maximum Gasteiger partial charge on any atom is 0.174 e. The number of aryl methyl sites for hydroxylation is 3. The Morgan fingerprint density at radius 2 is 2.12 bits per heavy atom. The highest BCUT2D eigenvalue weighted by molar-refractivity contribution is 8.01. The first kappa shape index (κ1) is 17.4. The molecule has 3 heterocycles. The van der Waals surface area contributed by atoms with Crippen LogP contribution in [0.2, 0.25) is 0 Å². The van der Waals surface area contributed by atoms with E-state index >= 15 is 0 Å². The summed E-state index contributed by atoms with van der Waals surface area (Å²) in [6.07, 6.45) is 1.00. The number of Topliss-reactive ketones (excluding diaryl/α,β-unsaturated/α-hetero) is 1. The quantitative estimate of drug-likeness (QED) is 0.448. The van der Waals surface area contributed by atoms with Crippen molar-refractivity contribution >= 4 is 40.2 Å². The van der Waals surface area contributed by atoms with Crippen LogP contribution < -0.4 is 0 Å². The summed E-state index contributed by atoms with van der Waals surface area (Å²) in [4.78, 5) is 13.9. The lowest BCUT2D eigenvalue weighted by molar-refractivity contribution is 0.102. The molecule has 0 spiro atoms. The Morgan fingerprint density at radius 1 is 1.29 bits per heavy atom. The number of carbonyl (C=O) groups excluding carboxylic acids is 1. The number of hydrogen-bond acceptors (Lipinski definition) is 6. The topological polar surface area (TPSA) is 47.8 Å². The van der Waals surface area contributed by atoms with Gasteiger partial charge in [0.2, 0.25) is 0 Å². The summed E-state index contributed by atoms with van der Waals surface area (Å²) in [5.74, 6) is 0.562. The van der Waals surface area contributed by atoms with Crippen LogP contribution in [0.15, 0.2) is 27.9 Å². The van der Waals surface area contributed by atoms with E-state index in [2.05, 4.69) is 39.2 Å². The van der Waals surface area contributed by atoms with E-state index in [9.17, 15) is 4.79 Å². The van der Waals surface area contributed by atoms with E-state index in [1.807, 2.05) is 19.9 Å². The molecule has 0 unspecified atom stereocenters. The minimum Gasteiger partial charge on any atom is -0.348 e. The Labute approximate surface area is 153 Å². The van der Waals surface area contributed by atoms with Crippen molar-refractivity contribution in [2.45, 2.75) is 38.1 Å². The summed E-state index contributed by atoms with van der Waals surface area (Å²) < 4.78 is 3.10. The summed E-state index contributed by atoms with van der Waals surface area (Å²) >= 11 is 4.78. The van der Waals surface area contributed by atoms with Gasteiger partial charge in [0.15, 0.2) is 10.1 Å². The zero-order chi connectivity index (χ0) is 17.1. The molecule has 3 aromatic heterocycles. The van der Waals surface area contributed by atoms with Crippen LogP contribution >= 0.6 is 34.4 Å². The molecule has 4 nitrogen and oxygen atoms in total. The SMILES string of the molecule is Cc1nnc(SCC(=O)c2cc(C)n(CCc3cccs3)c2C)s1. The van der Waals surface area contributed by atoms with Crippen molar-refractivity contribution in [2.24, 2.45) is 0 Å². The fourth-order valence-electron chi connectivity index (χ4n) is 2.65. The normalized spacial score (nSPS) is 11.1. The summed E-state index contributed by atoms with van der Waals surface area (Å²) in [5.41, 5.74) is 3.03. The lowest BCUT2D eigenvalue weighted by Crippen LogP contribution is -2.08. The van der Waals surface area contributed by atoms with Crippen molar-refractivity contribution in [3.05, 3.63) is 50.4 Å². The summed E-state index contributed by atoms with van der Waals surface area (Å²) in [6, 6.07) is 6.25. The van der Waals surface area contributed by atoms with Gasteiger partial charge in [-0.05, 0) is 44.7 Å². The molecule has 0 aliphatic carbocycles. The van der Waals surface area contributed by atoms with Gasteiger partial charge in [-0.1, -0.05) is 29.2 Å². The summed E-state index contributed by atoms with van der Waals surface area (Å²) in [5, 5.41) is 11.1. The van der Waals surface area contributed by atoms with Gasteiger partial charge < -0.3 is 4.57 Å². The maximum atomic E-state index is 12.6. The Kier molecular flexibility index (Phi) is 5.53. The second kappa shape index (κ2) is 7.63. The Hall–Kier alpha value is -1.44. The number of thioether (sulfide) groups is 1. The Morgan fingerprint density at radius 3 is 2.79 bits per heavy atom. The molecule has 0 radical (unpaired) electrons. The highest BCUT2D eigenvalue weighted by Gasteiger charge is 2.16. The molecule has 0 saturated carbocycles. The largest absolute Gasteiger partial charge is 0.348 e. The fraction of sp³-hybridized carbons (Fsp3) is 0.353. The van der Waals surface area contributed by atoms with E-state index in [-0.39, 0.29) is 5.78 Å². The summed E-state index contributed by atoms with van der Waals surface area (Å²) in [6.45, 7) is 6.94. The second-order valence-electron chi connectivity index (χ2n) is 5.56. The van der Waals surface area contributed by atoms with Crippen molar-refractivity contribution in [1.29, 1.82) is 0 Å². The van der Waals surface area contributed by atoms with Crippen LogP contribution in [0, 0.1) is 20.8 Å². The van der Waals surface area contributed by atoms with Crippen molar-refractivity contribution in [2.75, 3.05) is 5.75 Å². The van der Waals surface area contributed by atoms with Gasteiger partial charge in [-0.2, -0.15) is 0 Å². The lowest BCUT2D eigenvalue weighted by Gasteiger charge is -2.09. The molecule has 0 bridgehead atoms. The molecule has 0 fully saturated rings. The van der Waals surface area contributed by atoms with E-state index in [1.165, 1.54) is 28.0 Å². The van der Waals surface area contributed by atoms with Crippen molar-refractivity contribution in [3.63, 3.8) is 0 Å². The standard InChI is InChI=1S/C17H19N3OS3/c1-11-9-15(16(21)10-23-17-19-18-13(3)24-17)12(2)20(11)7-6-14-5-4-8-22-14/h4-5,8-9H,6-7,10H2,1-3H3. The van der Waals surface area contributed by atoms with Gasteiger partial charge in [0.1, 0.15) is 5.01 Å². The molecule has 0 N–H and O–H groups in total. The number of hydrogen-bond donors (Lipinski definition) is 0. The third-order valence-corrected chi connectivity index (χ3v) is 6.78. The summed E-state index contributed by atoms with van der Waals surface area (Å²) in [7, 11) is 0. The highest BCUT2D eigenvalue weighted by Crippen LogP contribution is 2.24. The predicted octanol–water partition coefficient (Wildman–Crippen LogP) is 4.54. The van der Waals surface area contributed by atoms with Crippen molar-refractivity contribution in [1.82, 2.24) is 14.8 Å². The number of thiophene rings is 1. The van der Waals surface area contributed by atoms with Gasteiger partial charge in [0.25, 0.3) is 0 Å². The van der Waals surface area contributed by atoms with Crippen molar-refractivity contribution in [3.8, 4) is 0 Å². The molecular formula is C17H19N3OS3. The minimum atomic E-state index is 0.156. The van der Waals surface area contributed by atoms with E-state index < -0.39 is 0 Å². The van der Waals surface area contributed by atoms with E-state index in [1.54, 1.807) is 11.3 Å². The first-order valence-electron chi connectivity index (χ1n) is 7.70. The zero-order valence-corrected chi connectivity index (χ0v) is 16.4. The Balaban J connectivity index is 1.66. The average molecular weight is 378 g/mol. The van der Waals surface area contributed by atoms with Crippen LogP contribution in [0.1, 0.15) is 31.6 Å². The molecule has 7 heteroatoms. The first-order valence-corrected chi connectivity index (χ1v) is 10.4. The van der Waals surface area contributed by atoms with Crippen LogP contribution in [-0.2, 0) is 13.0 Å². The van der Waals surface area contributed by atoms with E-state index in [0.717, 1.165) is 39.3 Å². The molecule has 0 aliphatic rings. The van der Waals surface area contributed by atoms with Gasteiger partial charge in [-0.15, -0.1) is 21.5 Å². The molecule has 126 valence electrons. The molecule has 3 rings (SSSR count). The zero-order valence-electron chi connectivity index (χ0n) is 13.9. The van der Waals surface area contributed by atoms with Crippen LogP contribution in [0.5, 0.6) is 0 Å². The number of nitrogens with zero attached hydrogens (tertiary/aromatic N) is 3. The number of ketones is 1. The molecule has 0 atom stereocenters. The molecule has 3 aromatic rings. The van der Waals surface area contributed by atoms with Gasteiger partial charge >= 0.3 is 0 Å². The molecule has 0 aliphatic heterocycles. The fourth-order valence-corrected chi connectivity index (χ4v) is 5.04. The lowest BCUT2D eigenvalue weighted by atomic mass is 10.2. The van der Waals surface area contributed by atoms with Crippen molar-refractivity contribution < 1.29 is 4.79 Å². The van der Waals surface area contributed by atoms with Gasteiger partial charge in [-0.25, -0.2) is 0 Å². The molecule has 0 amide bonds. The number of aromatic nitrogens is 3. The van der Waals surface area contributed by atoms with E-state index in [4.69, 9.17) is 0 Å². The third-order valence-electron chi connectivity index (χ3n) is 3.87. The van der Waals surface area contributed by atoms with Crippen LogP contribution in [0.3, 0.4) is 0 Å². The minimum absolute atomic E-state index is 0.156. The van der Waals surface area contributed by atoms with E-state index in [0.29, 0.717) is 5.75 Å². The molecule has 24 heavy (non-hydrogen) atoms. The number of rotatable bonds is 7.